The normalized spacial score (nSPS) is 14.0. The van der Waals surface area contributed by atoms with Crippen LogP contribution in [0.15, 0.2) is 69.8 Å². The van der Waals surface area contributed by atoms with Crippen LogP contribution in [0.3, 0.4) is 0 Å². The van der Waals surface area contributed by atoms with Crippen molar-refractivity contribution < 1.29 is 23.9 Å². The number of methoxy groups -OCH3 is 1. The van der Waals surface area contributed by atoms with Crippen molar-refractivity contribution >= 4 is 62.2 Å². The highest BCUT2D eigenvalue weighted by atomic mass is 127. The highest BCUT2D eigenvalue weighted by Gasteiger charge is 2.25. The fourth-order valence-electron chi connectivity index (χ4n) is 3.38. The molecule has 0 bridgehead atoms. The van der Waals surface area contributed by atoms with Crippen LogP contribution in [-0.2, 0) is 16.1 Å². The van der Waals surface area contributed by atoms with Crippen molar-refractivity contribution in [1.29, 1.82) is 0 Å². The summed E-state index contributed by atoms with van der Waals surface area (Å²) in [5.41, 5.74) is 2.66. The average molecular weight is 649 g/mol. The number of nitro groups is 1. The molecular formula is C25H18BrIN2O6. The van der Waals surface area contributed by atoms with Crippen molar-refractivity contribution in [2.75, 3.05) is 7.11 Å². The SMILES string of the molecule is COc1cc(/C=C2\N=C(c3ccc([N+](=O)[O-])c(C)c3)OC2=O)cc(Br)c1OCc1ccc(I)cc1. The lowest BCUT2D eigenvalue weighted by molar-refractivity contribution is -0.385. The molecule has 1 aliphatic heterocycles. The molecule has 4 rings (SSSR count). The second kappa shape index (κ2) is 10.6. The van der Waals surface area contributed by atoms with Gasteiger partial charge in [0.2, 0.25) is 5.90 Å². The van der Waals surface area contributed by atoms with Crippen molar-refractivity contribution in [2.45, 2.75) is 13.5 Å². The predicted octanol–water partition coefficient (Wildman–Crippen LogP) is 6.20. The molecule has 0 aliphatic carbocycles. The van der Waals surface area contributed by atoms with E-state index in [4.69, 9.17) is 14.2 Å². The lowest BCUT2D eigenvalue weighted by atomic mass is 10.1. The number of rotatable bonds is 7. The Labute approximate surface area is 223 Å². The summed E-state index contributed by atoms with van der Waals surface area (Å²) in [6.45, 7) is 1.97. The average Bonchev–Trinajstić information content (AvgIpc) is 3.18. The van der Waals surface area contributed by atoms with Crippen LogP contribution < -0.4 is 9.47 Å². The highest BCUT2D eigenvalue weighted by molar-refractivity contribution is 14.1. The van der Waals surface area contributed by atoms with E-state index in [1.807, 2.05) is 24.3 Å². The Morgan fingerprint density at radius 3 is 2.57 bits per heavy atom. The standard InChI is InChI=1S/C25H18BrIN2O6/c1-14-9-17(5-8-21(14)29(31)32)24-28-20(25(30)35-24)11-16-10-19(26)23(22(12-16)33-2)34-13-15-3-6-18(27)7-4-15/h3-12H,13H2,1-2H3/b20-11-. The summed E-state index contributed by atoms with van der Waals surface area (Å²) >= 11 is 5.77. The molecule has 0 unspecified atom stereocenters. The van der Waals surface area contributed by atoms with Gasteiger partial charge in [0, 0.05) is 20.8 Å². The van der Waals surface area contributed by atoms with Crippen molar-refractivity contribution in [2.24, 2.45) is 4.99 Å². The first-order valence-corrected chi connectivity index (χ1v) is 12.1. The van der Waals surface area contributed by atoms with E-state index < -0.39 is 10.9 Å². The summed E-state index contributed by atoms with van der Waals surface area (Å²) in [5, 5.41) is 11.0. The first kappa shape index (κ1) is 24.9. The van der Waals surface area contributed by atoms with Crippen LogP contribution in [0.5, 0.6) is 11.5 Å². The van der Waals surface area contributed by atoms with Gasteiger partial charge in [0.25, 0.3) is 5.69 Å². The molecule has 10 heteroatoms. The summed E-state index contributed by atoms with van der Waals surface area (Å²) in [5.74, 6) is 0.485. The molecule has 8 nitrogen and oxygen atoms in total. The van der Waals surface area contributed by atoms with Crippen LogP contribution in [0.1, 0.15) is 22.3 Å². The molecule has 0 radical (unpaired) electrons. The Bertz CT molecular complexity index is 1390. The number of hydrogen-bond donors (Lipinski definition) is 0. The minimum Gasteiger partial charge on any atom is -0.493 e. The molecule has 0 aromatic heterocycles. The molecule has 0 saturated heterocycles. The van der Waals surface area contributed by atoms with Crippen molar-refractivity contribution in [3.8, 4) is 11.5 Å². The molecule has 0 saturated carbocycles. The molecule has 0 N–H and O–H groups in total. The van der Waals surface area contributed by atoms with E-state index in [1.165, 1.54) is 19.2 Å². The van der Waals surface area contributed by atoms with Gasteiger partial charge in [0.05, 0.1) is 16.5 Å². The fourth-order valence-corrected chi connectivity index (χ4v) is 4.32. The Morgan fingerprint density at radius 1 is 1.17 bits per heavy atom. The second-order valence-electron chi connectivity index (χ2n) is 7.54. The number of carbonyl (C=O) groups excluding carboxylic acids is 1. The summed E-state index contributed by atoms with van der Waals surface area (Å²) in [6, 6.07) is 15.9. The zero-order valence-corrected chi connectivity index (χ0v) is 22.3. The number of cyclic esters (lactones) is 1. The minimum absolute atomic E-state index is 0.0179. The third-order valence-corrected chi connectivity index (χ3v) is 6.42. The highest BCUT2D eigenvalue weighted by Crippen LogP contribution is 2.38. The van der Waals surface area contributed by atoms with Gasteiger partial charge in [-0.05, 0) is 99.0 Å². The molecule has 1 aliphatic rings. The first-order chi connectivity index (χ1) is 16.7. The van der Waals surface area contributed by atoms with Gasteiger partial charge < -0.3 is 14.2 Å². The maximum Gasteiger partial charge on any atom is 0.363 e. The van der Waals surface area contributed by atoms with E-state index in [9.17, 15) is 14.9 Å². The maximum absolute atomic E-state index is 12.4. The van der Waals surface area contributed by atoms with Crippen molar-refractivity contribution in [3.05, 3.63) is 101 Å². The van der Waals surface area contributed by atoms with Crippen LogP contribution in [0.2, 0.25) is 0 Å². The molecule has 0 atom stereocenters. The van der Waals surface area contributed by atoms with Gasteiger partial charge in [-0.2, -0.15) is 0 Å². The Morgan fingerprint density at radius 2 is 1.91 bits per heavy atom. The van der Waals surface area contributed by atoms with Gasteiger partial charge in [-0.25, -0.2) is 9.79 Å². The van der Waals surface area contributed by atoms with Crippen molar-refractivity contribution in [1.82, 2.24) is 0 Å². The molecule has 178 valence electrons. The number of nitro benzene ring substituents is 1. The van der Waals surface area contributed by atoms with E-state index in [0.717, 1.165) is 9.13 Å². The van der Waals surface area contributed by atoms with Crippen molar-refractivity contribution in [3.63, 3.8) is 0 Å². The van der Waals surface area contributed by atoms with Crippen LogP contribution in [0.25, 0.3) is 6.08 Å². The Hall–Kier alpha value is -3.25. The van der Waals surface area contributed by atoms with Crippen LogP contribution in [0, 0.1) is 20.6 Å². The molecule has 35 heavy (non-hydrogen) atoms. The van der Waals surface area contributed by atoms with Gasteiger partial charge in [-0.3, -0.25) is 10.1 Å². The zero-order chi connectivity index (χ0) is 25.1. The molecule has 0 spiro atoms. The molecule has 3 aromatic rings. The van der Waals surface area contributed by atoms with E-state index in [-0.39, 0.29) is 17.3 Å². The largest absolute Gasteiger partial charge is 0.493 e. The summed E-state index contributed by atoms with van der Waals surface area (Å²) in [4.78, 5) is 27.3. The summed E-state index contributed by atoms with van der Waals surface area (Å²) in [7, 11) is 1.54. The molecule has 0 fully saturated rings. The van der Waals surface area contributed by atoms with Crippen LogP contribution in [-0.4, -0.2) is 23.9 Å². The van der Waals surface area contributed by atoms with Gasteiger partial charge in [0.15, 0.2) is 17.2 Å². The quantitative estimate of drug-likeness (QED) is 0.0994. The number of nitrogens with zero attached hydrogens (tertiary/aromatic N) is 2. The third-order valence-electron chi connectivity index (χ3n) is 5.11. The summed E-state index contributed by atoms with van der Waals surface area (Å²) in [6.07, 6.45) is 1.57. The Kier molecular flexibility index (Phi) is 7.51. The monoisotopic (exact) mass is 648 g/mol. The molecular weight excluding hydrogens is 631 g/mol. The number of halogens is 2. The van der Waals surface area contributed by atoms with Gasteiger partial charge in [0.1, 0.15) is 6.61 Å². The number of aliphatic imine (C=N–C) groups is 1. The third kappa shape index (κ3) is 5.70. The van der Waals surface area contributed by atoms with Gasteiger partial charge in [-0.15, -0.1) is 0 Å². The number of esters is 1. The molecule has 0 amide bonds. The lowest BCUT2D eigenvalue weighted by Gasteiger charge is -2.14. The minimum atomic E-state index is -0.620. The fraction of sp³-hybridized carbons (Fsp3) is 0.120. The lowest BCUT2D eigenvalue weighted by Crippen LogP contribution is -2.06. The maximum atomic E-state index is 12.4. The van der Waals surface area contributed by atoms with E-state index >= 15 is 0 Å². The second-order valence-corrected chi connectivity index (χ2v) is 9.64. The number of hydrogen-bond acceptors (Lipinski definition) is 7. The van der Waals surface area contributed by atoms with E-state index in [1.54, 1.807) is 31.2 Å². The number of ether oxygens (including phenoxy) is 3. The molecule has 1 heterocycles. The van der Waals surface area contributed by atoms with Gasteiger partial charge >= 0.3 is 5.97 Å². The predicted molar refractivity (Wildman–Crippen MR) is 143 cm³/mol. The first-order valence-electron chi connectivity index (χ1n) is 10.3. The topological polar surface area (TPSA) is 100 Å². The van der Waals surface area contributed by atoms with E-state index in [2.05, 4.69) is 43.5 Å². The number of benzene rings is 3. The van der Waals surface area contributed by atoms with Crippen LogP contribution >= 0.6 is 38.5 Å². The van der Waals surface area contributed by atoms with Gasteiger partial charge in [-0.1, -0.05) is 12.1 Å². The Balaban J connectivity index is 1.58. The smallest absolute Gasteiger partial charge is 0.363 e. The molecule has 3 aromatic carbocycles. The number of aryl methyl sites for hydroxylation is 1. The zero-order valence-electron chi connectivity index (χ0n) is 18.6. The number of carbonyl (C=O) groups is 1. The summed E-state index contributed by atoms with van der Waals surface area (Å²) < 4.78 is 18.6. The van der Waals surface area contributed by atoms with Crippen LogP contribution in [0.4, 0.5) is 5.69 Å². The van der Waals surface area contributed by atoms with E-state index in [0.29, 0.717) is 39.3 Å².